The van der Waals surface area contributed by atoms with E-state index >= 15 is 0 Å². The number of rotatable bonds is 6. The first-order valence-electron chi connectivity index (χ1n) is 5.82. The number of imidazole rings is 1. The van der Waals surface area contributed by atoms with Crippen molar-refractivity contribution in [2.75, 3.05) is 11.9 Å². The quantitative estimate of drug-likeness (QED) is 0.691. The number of aromatic nitrogens is 3. The molecule has 104 valence electrons. The van der Waals surface area contributed by atoms with Crippen molar-refractivity contribution in [1.29, 1.82) is 0 Å². The zero-order valence-corrected chi connectivity index (χ0v) is 10.5. The Bertz CT molecular complexity index is 638. The Kier molecular flexibility index (Phi) is 3.94. The normalized spacial score (nSPS) is 10.2. The van der Waals surface area contributed by atoms with Gasteiger partial charge in [-0.15, -0.1) is 0 Å². The van der Waals surface area contributed by atoms with Crippen molar-refractivity contribution in [3.8, 4) is 0 Å². The molecule has 0 atom stereocenters. The van der Waals surface area contributed by atoms with Gasteiger partial charge >= 0.3 is 5.97 Å². The van der Waals surface area contributed by atoms with E-state index in [2.05, 4.69) is 15.3 Å². The Morgan fingerprint density at radius 3 is 2.80 bits per heavy atom. The molecule has 0 spiro atoms. The van der Waals surface area contributed by atoms with Crippen LogP contribution >= 0.6 is 0 Å². The minimum atomic E-state index is -1.06. The fraction of sp³-hybridized carbons (Fsp3) is 0.167. The van der Waals surface area contributed by atoms with E-state index in [-0.39, 0.29) is 11.4 Å². The third-order valence-corrected chi connectivity index (χ3v) is 2.53. The van der Waals surface area contributed by atoms with Gasteiger partial charge in [0.1, 0.15) is 11.5 Å². The lowest BCUT2D eigenvalue weighted by atomic mass is 10.3. The number of nitrogens with two attached hydrogens (primary N) is 1. The number of anilines is 1. The van der Waals surface area contributed by atoms with Crippen molar-refractivity contribution in [3.05, 3.63) is 42.1 Å². The molecule has 1 amide bonds. The van der Waals surface area contributed by atoms with E-state index in [1.54, 1.807) is 16.7 Å². The van der Waals surface area contributed by atoms with Crippen LogP contribution in [0.2, 0.25) is 0 Å². The van der Waals surface area contributed by atoms with Crippen molar-refractivity contribution in [1.82, 2.24) is 14.5 Å². The summed E-state index contributed by atoms with van der Waals surface area (Å²) >= 11 is 0. The number of primary amides is 1. The largest absolute Gasteiger partial charge is 0.476 e. The molecule has 4 N–H and O–H groups in total. The number of carboxylic acid groups (broad SMARTS) is 1. The minimum absolute atomic E-state index is 0.00106. The van der Waals surface area contributed by atoms with Crippen LogP contribution in [-0.4, -0.2) is 38.1 Å². The van der Waals surface area contributed by atoms with Gasteiger partial charge in [-0.25, -0.2) is 14.8 Å². The number of nitrogens with zero attached hydrogens (tertiary/aromatic N) is 3. The number of amides is 1. The van der Waals surface area contributed by atoms with Gasteiger partial charge in [-0.1, -0.05) is 6.07 Å². The standard InChI is InChI=1S/C12H13N5O3/c13-11(18)8-2-1-3-10(16-8)14-4-5-17-6-9(12(19)20)15-7-17/h1-3,6-7H,4-5H2,(H2,13,18)(H,14,16)(H,19,20). The number of carbonyl (C=O) groups is 2. The molecular weight excluding hydrogens is 262 g/mol. The van der Waals surface area contributed by atoms with E-state index < -0.39 is 11.9 Å². The summed E-state index contributed by atoms with van der Waals surface area (Å²) in [5, 5.41) is 11.8. The predicted octanol–water partition coefficient (Wildman–Crippen LogP) is 0.187. The molecule has 0 saturated heterocycles. The fourth-order valence-electron chi connectivity index (χ4n) is 1.58. The minimum Gasteiger partial charge on any atom is -0.476 e. The molecule has 0 aliphatic carbocycles. The topological polar surface area (TPSA) is 123 Å². The summed E-state index contributed by atoms with van der Waals surface area (Å²) in [6, 6.07) is 4.92. The molecule has 2 aromatic rings. The molecule has 0 unspecified atom stereocenters. The Balaban J connectivity index is 1.90. The Labute approximate surface area is 114 Å². The van der Waals surface area contributed by atoms with Gasteiger partial charge in [0, 0.05) is 19.3 Å². The number of carbonyl (C=O) groups excluding carboxylic acids is 1. The van der Waals surface area contributed by atoms with Crippen LogP contribution in [0.25, 0.3) is 0 Å². The second-order valence-corrected chi connectivity index (χ2v) is 4.00. The molecule has 20 heavy (non-hydrogen) atoms. The molecule has 0 aliphatic rings. The van der Waals surface area contributed by atoms with Crippen molar-refractivity contribution >= 4 is 17.7 Å². The van der Waals surface area contributed by atoms with Crippen LogP contribution in [0.5, 0.6) is 0 Å². The summed E-state index contributed by atoms with van der Waals surface area (Å²) in [4.78, 5) is 29.4. The number of carboxylic acids is 1. The lowest BCUT2D eigenvalue weighted by molar-refractivity contribution is 0.0690. The van der Waals surface area contributed by atoms with Crippen molar-refractivity contribution in [3.63, 3.8) is 0 Å². The van der Waals surface area contributed by atoms with E-state index in [4.69, 9.17) is 10.8 Å². The van der Waals surface area contributed by atoms with Gasteiger partial charge in [-0.05, 0) is 12.1 Å². The molecule has 2 rings (SSSR count). The molecule has 0 bridgehead atoms. The summed E-state index contributed by atoms with van der Waals surface area (Å²) in [5.74, 6) is -1.12. The Morgan fingerprint density at radius 2 is 2.15 bits per heavy atom. The summed E-state index contributed by atoms with van der Waals surface area (Å²) in [5.41, 5.74) is 5.32. The zero-order chi connectivity index (χ0) is 14.5. The highest BCUT2D eigenvalue weighted by Gasteiger charge is 2.06. The first kappa shape index (κ1) is 13.5. The molecule has 0 aromatic carbocycles. The summed E-state index contributed by atoms with van der Waals surface area (Å²) < 4.78 is 1.65. The highest BCUT2D eigenvalue weighted by atomic mass is 16.4. The fourth-order valence-corrected chi connectivity index (χ4v) is 1.58. The van der Waals surface area contributed by atoms with Gasteiger partial charge in [-0.2, -0.15) is 0 Å². The third kappa shape index (κ3) is 3.31. The SMILES string of the molecule is NC(=O)c1cccc(NCCn2cnc(C(=O)O)c2)n1. The van der Waals surface area contributed by atoms with Gasteiger partial charge in [0.2, 0.25) is 0 Å². The lowest BCUT2D eigenvalue weighted by Crippen LogP contribution is -2.15. The maximum atomic E-state index is 11.0. The third-order valence-electron chi connectivity index (χ3n) is 2.53. The summed E-state index contributed by atoms with van der Waals surface area (Å²) in [6.45, 7) is 1.02. The maximum absolute atomic E-state index is 11.0. The van der Waals surface area contributed by atoms with Crippen molar-refractivity contribution < 1.29 is 14.7 Å². The molecule has 0 saturated carbocycles. The van der Waals surface area contributed by atoms with Crippen LogP contribution in [0, 0.1) is 0 Å². The zero-order valence-electron chi connectivity index (χ0n) is 10.5. The molecule has 8 nitrogen and oxygen atoms in total. The number of nitrogens with one attached hydrogen (secondary N) is 1. The van der Waals surface area contributed by atoms with E-state index in [0.717, 1.165) is 0 Å². The average Bonchev–Trinajstić information content (AvgIpc) is 2.88. The number of pyridine rings is 1. The van der Waals surface area contributed by atoms with Crippen LogP contribution in [-0.2, 0) is 6.54 Å². The molecule has 0 radical (unpaired) electrons. The average molecular weight is 275 g/mol. The van der Waals surface area contributed by atoms with Crippen molar-refractivity contribution in [2.45, 2.75) is 6.54 Å². The van der Waals surface area contributed by atoms with Crippen LogP contribution < -0.4 is 11.1 Å². The van der Waals surface area contributed by atoms with Crippen LogP contribution in [0.1, 0.15) is 21.0 Å². The van der Waals surface area contributed by atoms with Gasteiger partial charge in [0.05, 0.1) is 6.33 Å². The van der Waals surface area contributed by atoms with Gasteiger partial charge < -0.3 is 20.7 Å². The molecule has 2 heterocycles. The van der Waals surface area contributed by atoms with E-state index in [9.17, 15) is 9.59 Å². The number of hydrogen-bond donors (Lipinski definition) is 3. The first-order chi connectivity index (χ1) is 9.56. The molecule has 8 heteroatoms. The predicted molar refractivity (Wildman–Crippen MR) is 70.4 cm³/mol. The monoisotopic (exact) mass is 275 g/mol. The molecule has 2 aromatic heterocycles. The number of aromatic carboxylic acids is 1. The highest BCUT2D eigenvalue weighted by Crippen LogP contribution is 2.04. The van der Waals surface area contributed by atoms with E-state index in [1.807, 2.05) is 0 Å². The molecular formula is C12H13N5O3. The van der Waals surface area contributed by atoms with Crippen LogP contribution in [0.15, 0.2) is 30.7 Å². The van der Waals surface area contributed by atoms with E-state index in [0.29, 0.717) is 18.9 Å². The lowest BCUT2D eigenvalue weighted by Gasteiger charge is -2.06. The summed E-state index contributed by atoms with van der Waals surface area (Å²) in [6.07, 6.45) is 2.88. The highest BCUT2D eigenvalue weighted by molar-refractivity contribution is 5.91. The van der Waals surface area contributed by atoms with Gasteiger partial charge in [0.25, 0.3) is 5.91 Å². The van der Waals surface area contributed by atoms with Crippen LogP contribution in [0.3, 0.4) is 0 Å². The second kappa shape index (κ2) is 5.83. The van der Waals surface area contributed by atoms with Crippen LogP contribution in [0.4, 0.5) is 5.82 Å². The van der Waals surface area contributed by atoms with Gasteiger partial charge in [-0.3, -0.25) is 4.79 Å². The van der Waals surface area contributed by atoms with E-state index in [1.165, 1.54) is 18.6 Å². The smallest absolute Gasteiger partial charge is 0.356 e. The second-order valence-electron chi connectivity index (χ2n) is 4.00. The maximum Gasteiger partial charge on any atom is 0.356 e. The number of hydrogen-bond acceptors (Lipinski definition) is 5. The molecule has 0 fully saturated rings. The van der Waals surface area contributed by atoms with Gasteiger partial charge in [0.15, 0.2) is 5.69 Å². The Hall–Kier alpha value is -2.90. The first-order valence-corrected chi connectivity index (χ1v) is 5.82. The Morgan fingerprint density at radius 1 is 1.35 bits per heavy atom. The molecule has 0 aliphatic heterocycles. The van der Waals surface area contributed by atoms with Crippen molar-refractivity contribution in [2.24, 2.45) is 5.73 Å². The summed E-state index contributed by atoms with van der Waals surface area (Å²) in [7, 11) is 0.